The van der Waals surface area contributed by atoms with Crippen molar-refractivity contribution < 1.29 is 9.21 Å². The molecule has 2 heteroatoms. The third kappa shape index (κ3) is 1.67. The average Bonchev–Trinajstić information content (AvgIpc) is 2.72. The Morgan fingerprint density at radius 2 is 2.38 bits per heavy atom. The Bertz CT molecular complexity index is 287. The second kappa shape index (κ2) is 3.36. The van der Waals surface area contributed by atoms with Crippen LogP contribution in [0.2, 0.25) is 0 Å². The molecule has 0 amide bonds. The van der Waals surface area contributed by atoms with Gasteiger partial charge >= 0.3 is 0 Å². The monoisotopic (exact) mass is 178 g/mol. The number of furan rings is 1. The van der Waals surface area contributed by atoms with Crippen LogP contribution in [0.15, 0.2) is 23.0 Å². The molecular weight excluding hydrogens is 164 g/mol. The first kappa shape index (κ1) is 8.54. The summed E-state index contributed by atoms with van der Waals surface area (Å²) < 4.78 is 4.90. The van der Waals surface area contributed by atoms with Gasteiger partial charge in [0.1, 0.15) is 6.26 Å². The van der Waals surface area contributed by atoms with Crippen LogP contribution < -0.4 is 0 Å². The molecule has 1 heterocycles. The van der Waals surface area contributed by atoms with Gasteiger partial charge in [-0.05, 0) is 31.2 Å². The predicted octanol–water partition coefficient (Wildman–Crippen LogP) is 2.90. The highest BCUT2D eigenvalue weighted by Crippen LogP contribution is 2.32. The lowest BCUT2D eigenvalue weighted by atomic mass is 9.97. The minimum Gasteiger partial charge on any atom is -0.472 e. The highest BCUT2D eigenvalue weighted by molar-refractivity contribution is 5.97. The fraction of sp³-hybridized carbons (Fsp3) is 0.545. The van der Waals surface area contributed by atoms with Crippen LogP contribution in [0.4, 0.5) is 0 Å². The molecule has 2 atom stereocenters. The zero-order valence-electron chi connectivity index (χ0n) is 7.82. The van der Waals surface area contributed by atoms with Crippen LogP contribution in [0.25, 0.3) is 0 Å². The quantitative estimate of drug-likeness (QED) is 0.652. The summed E-state index contributed by atoms with van der Waals surface area (Å²) in [5.74, 6) is 1.21. The van der Waals surface area contributed by atoms with Crippen molar-refractivity contribution in [3.63, 3.8) is 0 Å². The topological polar surface area (TPSA) is 30.2 Å². The zero-order valence-corrected chi connectivity index (χ0v) is 7.82. The van der Waals surface area contributed by atoms with Crippen molar-refractivity contribution in [3.8, 4) is 0 Å². The normalized spacial score (nSPS) is 27.8. The Hall–Kier alpha value is -1.05. The van der Waals surface area contributed by atoms with Gasteiger partial charge in [0.05, 0.1) is 11.8 Å². The van der Waals surface area contributed by atoms with Gasteiger partial charge in [-0.1, -0.05) is 6.92 Å². The number of rotatable bonds is 2. The van der Waals surface area contributed by atoms with Gasteiger partial charge < -0.3 is 4.42 Å². The number of carbonyl (C=O) groups is 1. The number of hydrogen-bond acceptors (Lipinski definition) is 2. The van der Waals surface area contributed by atoms with Gasteiger partial charge in [-0.3, -0.25) is 4.79 Å². The smallest absolute Gasteiger partial charge is 0.169 e. The molecule has 2 unspecified atom stereocenters. The summed E-state index contributed by atoms with van der Waals surface area (Å²) >= 11 is 0. The molecule has 0 bridgehead atoms. The van der Waals surface area contributed by atoms with Crippen molar-refractivity contribution >= 4 is 5.78 Å². The number of hydrogen-bond donors (Lipinski definition) is 0. The standard InChI is InChI=1S/C11H14O2/c1-8-2-3-9(6-8)11(12)10-4-5-13-7-10/h4-5,7-9H,2-3,6H2,1H3. The van der Waals surface area contributed by atoms with Crippen molar-refractivity contribution in [2.75, 3.05) is 0 Å². The van der Waals surface area contributed by atoms with Gasteiger partial charge in [0.25, 0.3) is 0 Å². The lowest BCUT2D eigenvalue weighted by Crippen LogP contribution is -2.10. The maximum absolute atomic E-state index is 11.8. The maximum atomic E-state index is 11.8. The molecule has 0 N–H and O–H groups in total. The van der Waals surface area contributed by atoms with Crippen LogP contribution in [-0.2, 0) is 0 Å². The molecule has 2 rings (SSSR count). The van der Waals surface area contributed by atoms with Crippen LogP contribution in [0, 0.1) is 11.8 Å². The summed E-state index contributed by atoms with van der Waals surface area (Å²) in [6, 6.07) is 1.76. The van der Waals surface area contributed by atoms with E-state index in [4.69, 9.17) is 4.42 Å². The zero-order chi connectivity index (χ0) is 9.26. The summed E-state index contributed by atoms with van der Waals surface area (Å²) in [5.41, 5.74) is 0.735. The summed E-state index contributed by atoms with van der Waals surface area (Å²) in [4.78, 5) is 11.8. The van der Waals surface area contributed by atoms with E-state index in [0.717, 1.165) is 18.4 Å². The molecule has 1 saturated carbocycles. The van der Waals surface area contributed by atoms with Crippen molar-refractivity contribution in [1.82, 2.24) is 0 Å². The largest absolute Gasteiger partial charge is 0.472 e. The van der Waals surface area contributed by atoms with Crippen molar-refractivity contribution in [2.45, 2.75) is 26.2 Å². The molecule has 0 saturated heterocycles. The summed E-state index contributed by atoms with van der Waals surface area (Å²) in [7, 11) is 0. The van der Waals surface area contributed by atoms with Gasteiger partial charge in [-0.25, -0.2) is 0 Å². The molecule has 70 valence electrons. The number of carbonyl (C=O) groups excluding carboxylic acids is 1. The van der Waals surface area contributed by atoms with Gasteiger partial charge in [-0.15, -0.1) is 0 Å². The molecule has 13 heavy (non-hydrogen) atoms. The summed E-state index contributed by atoms with van der Waals surface area (Å²) in [5, 5.41) is 0. The molecule has 0 aromatic carbocycles. The third-order valence-corrected chi connectivity index (χ3v) is 2.87. The van der Waals surface area contributed by atoms with Crippen LogP contribution >= 0.6 is 0 Å². The third-order valence-electron chi connectivity index (χ3n) is 2.87. The van der Waals surface area contributed by atoms with Crippen molar-refractivity contribution in [3.05, 3.63) is 24.2 Å². The molecule has 0 radical (unpaired) electrons. The van der Waals surface area contributed by atoms with Crippen LogP contribution in [0.3, 0.4) is 0 Å². The Morgan fingerprint density at radius 3 is 2.92 bits per heavy atom. The molecule has 1 aromatic rings. The Morgan fingerprint density at radius 1 is 1.54 bits per heavy atom. The second-order valence-corrected chi connectivity index (χ2v) is 3.99. The Labute approximate surface area is 77.9 Å². The van der Waals surface area contributed by atoms with Crippen LogP contribution in [0.1, 0.15) is 36.5 Å². The summed E-state index contributed by atoms with van der Waals surface area (Å²) in [6.45, 7) is 2.21. The molecule has 1 aliphatic carbocycles. The van der Waals surface area contributed by atoms with E-state index in [1.54, 1.807) is 18.6 Å². The van der Waals surface area contributed by atoms with E-state index in [2.05, 4.69) is 6.92 Å². The minimum absolute atomic E-state index is 0.243. The van der Waals surface area contributed by atoms with E-state index < -0.39 is 0 Å². The van der Waals surface area contributed by atoms with E-state index in [1.807, 2.05) is 0 Å². The molecule has 0 spiro atoms. The fourth-order valence-electron chi connectivity index (χ4n) is 2.09. The second-order valence-electron chi connectivity index (χ2n) is 3.99. The van der Waals surface area contributed by atoms with Crippen LogP contribution in [-0.4, -0.2) is 5.78 Å². The molecule has 0 aliphatic heterocycles. The van der Waals surface area contributed by atoms with E-state index >= 15 is 0 Å². The van der Waals surface area contributed by atoms with Gasteiger partial charge in [0.2, 0.25) is 0 Å². The first-order chi connectivity index (χ1) is 6.27. The van der Waals surface area contributed by atoms with Gasteiger partial charge in [-0.2, -0.15) is 0 Å². The highest BCUT2D eigenvalue weighted by Gasteiger charge is 2.28. The van der Waals surface area contributed by atoms with Crippen molar-refractivity contribution in [1.29, 1.82) is 0 Å². The molecule has 2 nitrogen and oxygen atoms in total. The fourth-order valence-corrected chi connectivity index (χ4v) is 2.09. The van der Waals surface area contributed by atoms with E-state index in [1.165, 1.54) is 6.42 Å². The van der Waals surface area contributed by atoms with Crippen molar-refractivity contribution in [2.24, 2.45) is 11.8 Å². The molecule has 1 aliphatic rings. The maximum Gasteiger partial charge on any atom is 0.169 e. The Balaban J connectivity index is 2.06. The first-order valence-electron chi connectivity index (χ1n) is 4.84. The SMILES string of the molecule is CC1CCC(C(=O)c2ccoc2)C1. The molecule has 1 aromatic heterocycles. The Kier molecular flexibility index (Phi) is 2.21. The van der Waals surface area contributed by atoms with Crippen LogP contribution in [0.5, 0.6) is 0 Å². The predicted molar refractivity (Wildman–Crippen MR) is 49.5 cm³/mol. The minimum atomic E-state index is 0.243. The number of ketones is 1. The highest BCUT2D eigenvalue weighted by atomic mass is 16.3. The lowest BCUT2D eigenvalue weighted by molar-refractivity contribution is 0.0920. The lowest BCUT2D eigenvalue weighted by Gasteiger charge is -2.05. The van der Waals surface area contributed by atoms with Gasteiger partial charge in [0, 0.05) is 5.92 Å². The van der Waals surface area contributed by atoms with Gasteiger partial charge in [0.15, 0.2) is 5.78 Å². The van der Waals surface area contributed by atoms with E-state index in [0.29, 0.717) is 5.92 Å². The first-order valence-corrected chi connectivity index (χ1v) is 4.84. The molecule has 1 fully saturated rings. The summed E-state index contributed by atoms with van der Waals surface area (Å²) in [6.07, 6.45) is 6.39. The number of Topliss-reactive ketones (excluding diaryl/α,β-unsaturated/α-hetero) is 1. The molecular formula is C11H14O2. The van der Waals surface area contributed by atoms with E-state index in [9.17, 15) is 4.79 Å². The van der Waals surface area contributed by atoms with E-state index in [-0.39, 0.29) is 11.7 Å². The average molecular weight is 178 g/mol.